The first-order valence-electron chi connectivity index (χ1n) is 8.46. The summed E-state index contributed by atoms with van der Waals surface area (Å²) in [6.45, 7) is 1.38. The third-order valence-corrected chi connectivity index (χ3v) is 7.10. The average Bonchev–Trinajstić information content (AvgIpc) is 3.09. The van der Waals surface area contributed by atoms with E-state index in [9.17, 15) is 18.5 Å². The number of anilines is 1. The fraction of sp³-hybridized carbons (Fsp3) is 0.625. The van der Waals surface area contributed by atoms with Crippen LogP contribution in [0.3, 0.4) is 0 Å². The molecule has 1 N–H and O–H groups in total. The van der Waals surface area contributed by atoms with Gasteiger partial charge in [-0.3, -0.25) is 10.1 Å². The minimum Gasteiger partial charge on any atom is -0.381 e. The first-order chi connectivity index (χ1) is 11.9. The van der Waals surface area contributed by atoms with Crippen molar-refractivity contribution in [2.75, 3.05) is 32.1 Å². The molecule has 1 aliphatic heterocycles. The normalized spacial score (nSPS) is 20.2. The second-order valence-corrected chi connectivity index (χ2v) is 8.55. The molecule has 138 valence electrons. The van der Waals surface area contributed by atoms with Gasteiger partial charge in [-0.15, -0.1) is 0 Å². The molecule has 0 spiro atoms. The van der Waals surface area contributed by atoms with Crippen molar-refractivity contribution < 1.29 is 18.1 Å². The number of methoxy groups -OCH3 is 1. The number of ether oxygens (including phenoxy) is 1. The Morgan fingerprint density at radius 2 is 1.96 bits per heavy atom. The molecule has 0 atom stereocenters. The Balaban J connectivity index is 1.92. The van der Waals surface area contributed by atoms with Gasteiger partial charge in [0.15, 0.2) is 0 Å². The van der Waals surface area contributed by atoms with Crippen molar-refractivity contribution in [2.45, 2.75) is 42.6 Å². The van der Waals surface area contributed by atoms with E-state index in [1.54, 1.807) is 7.11 Å². The van der Waals surface area contributed by atoms with Crippen LogP contribution in [0.5, 0.6) is 0 Å². The molecule has 2 fully saturated rings. The Morgan fingerprint density at radius 3 is 2.48 bits per heavy atom. The molecular formula is C16H23N3O5S. The summed E-state index contributed by atoms with van der Waals surface area (Å²) >= 11 is 0. The number of non-ortho nitro benzene ring substituents is 1. The molecule has 0 bridgehead atoms. The van der Waals surface area contributed by atoms with Crippen LogP contribution >= 0.6 is 0 Å². The topological polar surface area (TPSA) is 102 Å². The van der Waals surface area contributed by atoms with Crippen molar-refractivity contribution in [3.8, 4) is 0 Å². The van der Waals surface area contributed by atoms with Crippen molar-refractivity contribution in [2.24, 2.45) is 0 Å². The van der Waals surface area contributed by atoms with Gasteiger partial charge in [0.1, 0.15) is 4.90 Å². The summed E-state index contributed by atoms with van der Waals surface area (Å²) in [6.07, 6.45) is 4.53. The zero-order valence-electron chi connectivity index (χ0n) is 14.2. The lowest BCUT2D eigenvalue weighted by molar-refractivity contribution is -0.385. The molecule has 25 heavy (non-hydrogen) atoms. The van der Waals surface area contributed by atoms with E-state index in [-0.39, 0.29) is 16.2 Å². The lowest BCUT2D eigenvalue weighted by atomic mass is 9.80. The van der Waals surface area contributed by atoms with E-state index in [1.807, 2.05) is 0 Å². The predicted octanol–water partition coefficient (Wildman–Crippen LogP) is 2.36. The van der Waals surface area contributed by atoms with Gasteiger partial charge < -0.3 is 10.1 Å². The molecule has 1 aliphatic carbocycles. The Hall–Kier alpha value is -1.71. The first kappa shape index (κ1) is 18.1. The van der Waals surface area contributed by atoms with Gasteiger partial charge >= 0.3 is 0 Å². The van der Waals surface area contributed by atoms with Crippen molar-refractivity contribution >= 4 is 21.4 Å². The highest BCUT2D eigenvalue weighted by Gasteiger charge is 2.37. The number of hydrogen-bond donors (Lipinski definition) is 1. The van der Waals surface area contributed by atoms with Gasteiger partial charge in [0.05, 0.1) is 16.2 Å². The Bertz CT molecular complexity index is 750. The van der Waals surface area contributed by atoms with E-state index in [0.29, 0.717) is 25.3 Å². The molecule has 1 heterocycles. The summed E-state index contributed by atoms with van der Waals surface area (Å²) in [6, 6.07) is 3.95. The summed E-state index contributed by atoms with van der Waals surface area (Å²) < 4.78 is 32.8. The summed E-state index contributed by atoms with van der Waals surface area (Å²) in [7, 11) is -2.11. The molecule has 0 unspecified atom stereocenters. The number of benzene rings is 1. The van der Waals surface area contributed by atoms with Gasteiger partial charge in [-0.25, -0.2) is 8.42 Å². The number of nitrogens with one attached hydrogen (secondary N) is 1. The Labute approximate surface area is 147 Å². The average molecular weight is 369 g/mol. The largest absolute Gasteiger partial charge is 0.381 e. The molecule has 3 rings (SSSR count). The molecule has 2 aliphatic rings. The fourth-order valence-electron chi connectivity index (χ4n) is 3.33. The highest BCUT2D eigenvalue weighted by Crippen LogP contribution is 2.36. The summed E-state index contributed by atoms with van der Waals surface area (Å²) in [5.74, 6) is 0. The number of rotatable bonds is 7. The smallest absolute Gasteiger partial charge is 0.270 e. The second kappa shape index (κ2) is 6.89. The molecule has 1 saturated carbocycles. The Morgan fingerprint density at radius 1 is 1.28 bits per heavy atom. The van der Waals surface area contributed by atoms with Gasteiger partial charge in [0.2, 0.25) is 10.0 Å². The third-order valence-electron chi connectivity index (χ3n) is 5.16. The van der Waals surface area contributed by atoms with Crippen molar-refractivity contribution in [3.63, 3.8) is 0 Å². The van der Waals surface area contributed by atoms with Crippen LogP contribution < -0.4 is 5.32 Å². The van der Waals surface area contributed by atoms with Crippen LogP contribution in [0, 0.1) is 10.1 Å². The zero-order chi connectivity index (χ0) is 18.1. The maximum absolute atomic E-state index is 12.9. The van der Waals surface area contributed by atoms with Crippen LogP contribution in [0.1, 0.15) is 32.1 Å². The van der Waals surface area contributed by atoms with E-state index in [1.165, 1.54) is 16.4 Å². The molecule has 1 aromatic rings. The van der Waals surface area contributed by atoms with E-state index >= 15 is 0 Å². The number of nitro groups is 1. The van der Waals surface area contributed by atoms with Crippen molar-refractivity contribution in [3.05, 3.63) is 28.3 Å². The highest BCUT2D eigenvalue weighted by molar-refractivity contribution is 7.89. The number of nitro benzene ring substituents is 1. The van der Waals surface area contributed by atoms with Gasteiger partial charge in [-0.05, 0) is 38.2 Å². The maximum atomic E-state index is 12.9. The molecule has 8 nitrogen and oxygen atoms in total. The molecule has 0 radical (unpaired) electrons. The molecule has 9 heteroatoms. The zero-order valence-corrected chi connectivity index (χ0v) is 15.0. The van der Waals surface area contributed by atoms with E-state index in [0.717, 1.165) is 38.2 Å². The van der Waals surface area contributed by atoms with Crippen LogP contribution in [0.15, 0.2) is 23.1 Å². The summed E-state index contributed by atoms with van der Waals surface area (Å²) in [5, 5.41) is 14.2. The van der Waals surface area contributed by atoms with Crippen LogP contribution in [0.25, 0.3) is 0 Å². The van der Waals surface area contributed by atoms with Gasteiger partial charge in [0, 0.05) is 38.9 Å². The standard InChI is InChI=1S/C16H23N3O5S/c1-24-16(7-4-8-16)12-17-14-6-5-13(19(20)21)11-15(14)25(22,23)18-9-2-3-10-18/h5-6,11,17H,2-4,7-10,12H2,1H3. The molecule has 1 aromatic carbocycles. The summed E-state index contributed by atoms with van der Waals surface area (Å²) in [5.41, 5.74) is -0.120. The predicted molar refractivity (Wildman–Crippen MR) is 93.2 cm³/mol. The van der Waals surface area contributed by atoms with E-state index in [4.69, 9.17) is 4.74 Å². The quantitative estimate of drug-likeness (QED) is 0.585. The number of sulfonamides is 1. The van der Waals surface area contributed by atoms with Gasteiger partial charge in [-0.2, -0.15) is 4.31 Å². The fourth-order valence-corrected chi connectivity index (χ4v) is 5.04. The Kier molecular flexibility index (Phi) is 4.99. The lowest BCUT2D eigenvalue weighted by Gasteiger charge is -2.40. The highest BCUT2D eigenvalue weighted by atomic mass is 32.2. The number of hydrogen-bond acceptors (Lipinski definition) is 6. The van der Waals surface area contributed by atoms with Gasteiger partial charge in [0.25, 0.3) is 5.69 Å². The summed E-state index contributed by atoms with van der Waals surface area (Å²) in [4.78, 5) is 10.5. The maximum Gasteiger partial charge on any atom is 0.270 e. The van der Waals surface area contributed by atoms with E-state index < -0.39 is 14.9 Å². The molecular weight excluding hydrogens is 346 g/mol. The van der Waals surface area contributed by atoms with Crippen LogP contribution in [-0.4, -0.2) is 50.0 Å². The molecule has 1 saturated heterocycles. The molecule has 0 amide bonds. The minimum absolute atomic E-state index is 0.0332. The monoisotopic (exact) mass is 369 g/mol. The third kappa shape index (κ3) is 3.49. The lowest BCUT2D eigenvalue weighted by Crippen LogP contribution is -2.45. The van der Waals surface area contributed by atoms with Gasteiger partial charge in [-0.1, -0.05) is 0 Å². The number of nitrogens with zero attached hydrogens (tertiary/aromatic N) is 2. The first-order valence-corrected chi connectivity index (χ1v) is 9.90. The van der Waals surface area contributed by atoms with Crippen molar-refractivity contribution in [1.29, 1.82) is 0 Å². The SMILES string of the molecule is COC1(CNc2ccc([N+](=O)[O-])cc2S(=O)(=O)N2CCCC2)CCC1. The van der Waals surface area contributed by atoms with E-state index in [2.05, 4.69) is 5.32 Å². The van der Waals surface area contributed by atoms with Crippen molar-refractivity contribution in [1.82, 2.24) is 4.31 Å². The second-order valence-electron chi connectivity index (χ2n) is 6.64. The molecule has 0 aromatic heterocycles. The van der Waals surface area contributed by atoms with Crippen LogP contribution in [0.2, 0.25) is 0 Å². The van der Waals surface area contributed by atoms with Crippen LogP contribution in [-0.2, 0) is 14.8 Å². The minimum atomic E-state index is -3.76. The van der Waals surface area contributed by atoms with Crippen LogP contribution in [0.4, 0.5) is 11.4 Å².